The van der Waals surface area contributed by atoms with Crippen LogP contribution in [0.3, 0.4) is 0 Å². The molecule has 1 atom stereocenters. The summed E-state index contributed by atoms with van der Waals surface area (Å²) in [5.74, 6) is -1.18. The second-order valence-corrected chi connectivity index (χ2v) is 3.10. The molecule has 76 valence electrons. The molecule has 5 nitrogen and oxygen atoms in total. The van der Waals surface area contributed by atoms with Gasteiger partial charge in [-0.3, -0.25) is 14.5 Å². The number of carboxylic acids is 1. The highest BCUT2D eigenvalue weighted by Crippen LogP contribution is 1.92. The Bertz CT molecular complexity index is 192. The Morgan fingerprint density at radius 3 is 2.31 bits per heavy atom. The SMILES string of the molecule is CC(NC(=O)CCC(=O)O)N(C)C. The van der Waals surface area contributed by atoms with E-state index in [0.717, 1.165) is 0 Å². The largest absolute Gasteiger partial charge is 0.481 e. The monoisotopic (exact) mass is 188 g/mol. The van der Waals surface area contributed by atoms with E-state index in [9.17, 15) is 9.59 Å². The predicted molar refractivity (Wildman–Crippen MR) is 48.2 cm³/mol. The molecule has 0 aliphatic rings. The highest BCUT2D eigenvalue weighted by atomic mass is 16.4. The molecule has 0 spiro atoms. The fourth-order valence-electron chi connectivity index (χ4n) is 0.655. The van der Waals surface area contributed by atoms with E-state index in [-0.39, 0.29) is 24.9 Å². The molecule has 0 aromatic heterocycles. The van der Waals surface area contributed by atoms with E-state index in [1.807, 2.05) is 25.9 Å². The second kappa shape index (κ2) is 5.53. The zero-order valence-electron chi connectivity index (χ0n) is 8.20. The number of hydrogen-bond donors (Lipinski definition) is 2. The molecule has 0 fully saturated rings. The number of aliphatic carboxylic acids is 1. The molecule has 13 heavy (non-hydrogen) atoms. The summed E-state index contributed by atoms with van der Waals surface area (Å²) in [7, 11) is 3.67. The highest BCUT2D eigenvalue weighted by molar-refractivity contribution is 5.80. The molecule has 0 heterocycles. The van der Waals surface area contributed by atoms with E-state index in [4.69, 9.17) is 5.11 Å². The molecular formula is C8H16N2O3. The van der Waals surface area contributed by atoms with E-state index < -0.39 is 5.97 Å². The second-order valence-electron chi connectivity index (χ2n) is 3.10. The van der Waals surface area contributed by atoms with E-state index in [0.29, 0.717) is 0 Å². The lowest BCUT2D eigenvalue weighted by atomic mass is 10.3. The number of hydrogen-bond acceptors (Lipinski definition) is 3. The van der Waals surface area contributed by atoms with Crippen molar-refractivity contribution in [2.45, 2.75) is 25.9 Å². The molecule has 0 rings (SSSR count). The molecule has 1 amide bonds. The lowest BCUT2D eigenvalue weighted by molar-refractivity contribution is -0.139. The Morgan fingerprint density at radius 2 is 1.92 bits per heavy atom. The summed E-state index contributed by atoms with van der Waals surface area (Å²) in [6.45, 7) is 1.83. The van der Waals surface area contributed by atoms with Crippen molar-refractivity contribution < 1.29 is 14.7 Å². The third-order valence-corrected chi connectivity index (χ3v) is 1.71. The van der Waals surface area contributed by atoms with Gasteiger partial charge in [-0.25, -0.2) is 0 Å². The van der Waals surface area contributed by atoms with Crippen LogP contribution in [0.1, 0.15) is 19.8 Å². The zero-order chi connectivity index (χ0) is 10.4. The van der Waals surface area contributed by atoms with Crippen molar-refractivity contribution >= 4 is 11.9 Å². The highest BCUT2D eigenvalue weighted by Gasteiger charge is 2.09. The van der Waals surface area contributed by atoms with Crippen molar-refractivity contribution in [3.05, 3.63) is 0 Å². The van der Waals surface area contributed by atoms with E-state index in [1.54, 1.807) is 0 Å². The van der Waals surface area contributed by atoms with Crippen LogP contribution in [0.4, 0.5) is 0 Å². The average molecular weight is 188 g/mol. The van der Waals surface area contributed by atoms with Gasteiger partial charge in [0.1, 0.15) is 0 Å². The van der Waals surface area contributed by atoms with Crippen molar-refractivity contribution in [2.24, 2.45) is 0 Å². The van der Waals surface area contributed by atoms with Gasteiger partial charge in [0.2, 0.25) is 5.91 Å². The van der Waals surface area contributed by atoms with Gasteiger partial charge in [-0.15, -0.1) is 0 Å². The first kappa shape index (κ1) is 11.9. The van der Waals surface area contributed by atoms with Crippen molar-refractivity contribution in [3.63, 3.8) is 0 Å². The van der Waals surface area contributed by atoms with Gasteiger partial charge in [0, 0.05) is 6.42 Å². The third-order valence-electron chi connectivity index (χ3n) is 1.71. The van der Waals surface area contributed by atoms with Gasteiger partial charge in [0.25, 0.3) is 0 Å². The molecule has 0 bridgehead atoms. The Kier molecular flexibility index (Phi) is 5.06. The van der Waals surface area contributed by atoms with Crippen LogP contribution >= 0.6 is 0 Å². The quantitative estimate of drug-likeness (QED) is 0.590. The lowest BCUT2D eigenvalue weighted by Gasteiger charge is -2.20. The van der Waals surface area contributed by atoms with Gasteiger partial charge < -0.3 is 10.4 Å². The van der Waals surface area contributed by atoms with Gasteiger partial charge in [0.05, 0.1) is 12.6 Å². The van der Waals surface area contributed by atoms with Crippen LogP contribution < -0.4 is 5.32 Å². The fourth-order valence-corrected chi connectivity index (χ4v) is 0.655. The summed E-state index contributed by atoms with van der Waals surface area (Å²) in [6, 6.07) is 0. The summed E-state index contributed by atoms with van der Waals surface area (Å²) < 4.78 is 0. The molecule has 0 radical (unpaired) electrons. The molecule has 0 aliphatic carbocycles. The van der Waals surface area contributed by atoms with Gasteiger partial charge in [-0.05, 0) is 21.0 Å². The average Bonchev–Trinajstić information content (AvgIpc) is 2.00. The first-order valence-corrected chi connectivity index (χ1v) is 4.11. The number of carbonyl (C=O) groups is 2. The topological polar surface area (TPSA) is 69.6 Å². The van der Waals surface area contributed by atoms with Crippen LogP contribution in [0.2, 0.25) is 0 Å². The van der Waals surface area contributed by atoms with Crippen molar-refractivity contribution in [1.29, 1.82) is 0 Å². The molecular weight excluding hydrogens is 172 g/mol. The Hall–Kier alpha value is -1.10. The molecule has 1 unspecified atom stereocenters. The number of carbonyl (C=O) groups excluding carboxylic acids is 1. The first-order valence-electron chi connectivity index (χ1n) is 4.11. The maximum atomic E-state index is 11.1. The van der Waals surface area contributed by atoms with Crippen molar-refractivity contribution in [1.82, 2.24) is 10.2 Å². The molecule has 0 aromatic carbocycles. The minimum Gasteiger partial charge on any atom is -0.481 e. The standard InChI is InChI=1S/C8H16N2O3/c1-6(10(2)3)9-7(11)4-5-8(12)13/h6H,4-5H2,1-3H3,(H,9,11)(H,12,13). The van der Waals surface area contributed by atoms with Crippen LogP contribution in [-0.4, -0.2) is 42.1 Å². The normalized spacial score (nSPS) is 12.6. The van der Waals surface area contributed by atoms with Crippen LogP contribution in [0, 0.1) is 0 Å². The fraction of sp³-hybridized carbons (Fsp3) is 0.750. The maximum absolute atomic E-state index is 11.1. The Labute approximate surface area is 77.7 Å². The molecule has 0 saturated heterocycles. The number of nitrogens with one attached hydrogen (secondary N) is 1. The van der Waals surface area contributed by atoms with E-state index >= 15 is 0 Å². The molecule has 2 N–H and O–H groups in total. The van der Waals surface area contributed by atoms with Gasteiger partial charge >= 0.3 is 5.97 Å². The summed E-state index contributed by atoms with van der Waals surface area (Å²) in [5.41, 5.74) is 0. The van der Waals surface area contributed by atoms with Crippen LogP contribution in [0.15, 0.2) is 0 Å². The lowest BCUT2D eigenvalue weighted by Crippen LogP contribution is -2.42. The zero-order valence-corrected chi connectivity index (χ0v) is 8.20. The molecule has 0 aromatic rings. The van der Waals surface area contributed by atoms with Crippen molar-refractivity contribution in [3.8, 4) is 0 Å². The van der Waals surface area contributed by atoms with Gasteiger partial charge in [-0.1, -0.05) is 0 Å². The Balaban J connectivity index is 3.68. The van der Waals surface area contributed by atoms with Crippen LogP contribution in [-0.2, 0) is 9.59 Å². The Morgan fingerprint density at radius 1 is 1.38 bits per heavy atom. The number of rotatable bonds is 5. The first-order chi connectivity index (χ1) is 5.93. The minimum atomic E-state index is -0.951. The van der Waals surface area contributed by atoms with E-state index in [2.05, 4.69) is 5.32 Å². The third kappa shape index (κ3) is 6.10. The minimum absolute atomic E-state index is 0.0352. The van der Waals surface area contributed by atoms with Gasteiger partial charge in [-0.2, -0.15) is 0 Å². The molecule has 0 saturated carbocycles. The number of carboxylic acid groups (broad SMARTS) is 1. The maximum Gasteiger partial charge on any atom is 0.303 e. The summed E-state index contributed by atoms with van der Waals surface area (Å²) in [6.07, 6.45) is -0.152. The van der Waals surface area contributed by atoms with E-state index in [1.165, 1.54) is 0 Å². The van der Waals surface area contributed by atoms with Crippen LogP contribution in [0.25, 0.3) is 0 Å². The number of amides is 1. The summed E-state index contributed by atoms with van der Waals surface area (Å²) in [5, 5.41) is 11.0. The smallest absolute Gasteiger partial charge is 0.303 e. The molecule has 0 aliphatic heterocycles. The van der Waals surface area contributed by atoms with Crippen LogP contribution in [0.5, 0.6) is 0 Å². The predicted octanol–water partition coefficient (Wildman–Crippen LogP) is -0.125. The molecule has 5 heteroatoms. The van der Waals surface area contributed by atoms with Gasteiger partial charge in [0.15, 0.2) is 0 Å². The summed E-state index contributed by atoms with van der Waals surface area (Å²) in [4.78, 5) is 23.0. The summed E-state index contributed by atoms with van der Waals surface area (Å²) >= 11 is 0. The number of nitrogens with zero attached hydrogens (tertiary/aromatic N) is 1. The van der Waals surface area contributed by atoms with Crippen molar-refractivity contribution in [2.75, 3.05) is 14.1 Å².